The van der Waals surface area contributed by atoms with Crippen molar-refractivity contribution in [3.8, 4) is 22.6 Å². The molecule has 1 fully saturated rings. The molecule has 4 rings (SSSR count). The summed E-state index contributed by atoms with van der Waals surface area (Å²) in [5, 5.41) is 0. The second-order valence-electron chi connectivity index (χ2n) is 7.40. The molecule has 0 unspecified atom stereocenters. The van der Waals surface area contributed by atoms with E-state index in [1.807, 2.05) is 42.5 Å². The third-order valence-corrected chi connectivity index (χ3v) is 5.65. The third-order valence-electron chi connectivity index (χ3n) is 5.65. The molecule has 2 N–H and O–H groups in total. The summed E-state index contributed by atoms with van der Waals surface area (Å²) in [6.07, 6.45) is 7.33. The van der Waals surface area contributed by atoms with Gasteiger partial charge in [-0.3, -0.25) is 4.99 Å². The summed E-state index contributed by atoms with van der Waals surface area (Å²) in [6.45, 7) is 2.15. The van der Waals surface area contributed by atoms with Crippen LogP contribution in [0.4, 0.5) is 0 Å². The van der Waals surface area contributed by atoms with Gasteiger partial charge in [0.05, 0.1) is 0 Å². The Morgan fingerprint density at radius 3 is 2.29 bits per heavy atom. The molecule has 0 saturated heterocycles. The minimum Gasteiger partial charge on any atom is -0.457 e. The van der Waals surface area contributed by atoms with Gasteiger partial charge in [0.1, 0.15) is 17.3 Å². The van der Waals surface area contributed by atoms with E-state index in [-0.39, 0.29) is 0 Å². The molecule has 28 heavy (non-hydrogen) atoms. The molecule has 1 aliphatic carbocycles. The second-order valence-corrected chi connectivity index (χ2v) is 7.40. The Labute approximate surface area is 166 Å². The summed E-state index contributed by atoms with van der Waals surface area (Å²) in [5.74, 6) is 2.25. The third kappa shape index (κ3) is 3.55. The number of amidine groups is 1. The van der Waals surface area contributed by atoms with Gasteiger partial charge in [0.15, 0.2) is 0 Å². The fraction of sp³-hybridized carbons (Fsp3) is 0.292. The number of ether oxygens (including phenoxy) is 1. The van der Waals surface area contributed by atoms with Crippen LogP contribution in [-0.2, 0) is 0 Å². The molecule has 0 atom stereocenters. The first-order chi connectivity index (χ1) is 13.7. The molecule has 0 aliphatic heterocycles. The summed E-state index contributed by atoms with van der Waals surface area (Å²) in [6, 6.07) is 18.6. The van der Waals surface area contributed by atoms with Crippen molar-refractivity contribution in [1.29, 1.82) is 0 Å². The maximum Gasteiger partial charge on any atom is 0.127 e. The van der Waals surface area contributed by atoms with E-state index < -0.39 is 0 Å². The summed E-state index contributed by atoms with van der Waals surface area (Å²) in [5.41, 5.74) is 10.8. The predicted octanol–water partition coefficient (Wildman–Crippen LogP) is 5.71. The fourth-order valence-electron chi connectivity index (χ4n) is 4.17. The highest BCUT2D eigenvalue weighted by molar-refractivity contribution is 6.04. The molecule has 1 heterocycles. The first-order valence-corrected chi connectivity index (χ1v) is 9.94. The summed E-state index contributed by atoms with van der Waals surface area (Å²) in [4.78, 5) is 4.28. The second kappa shape index (κ2) is 7.93. The molecule has 0 spiro atoms. The zero-order valence-corrected chi connectivity index (χ0v) is 16.6. The highest BCUT2D eigenvalue weighted by Crippen LogP contribution is 2.36. The Bertz CT molecular complexity index is 965. The lowest BCUT2D eigenvalue weighted by molar-refractivity contribution is 0.483. The van der Waals surface area contributed by atoms with E-state index in [1.54, 1.807) is 7.05 Å². The van der Waals surface area contributed by atoms with Crippen molar-refractivity contribution < 1.29 is 4.74 Å². The number of nitrogens with two attached hydrogens (primary N) is 1. The van der Waals surface area contributed by atoms with Gasteiger partial charge in [-0.15, -0.1) is 0 Å². The molecule has 3 aromatic rings. The maximum absolute atomic E-state index is 6.29. The Morgan fingerprint density at radius 1 is 1.00 bits per heavy atom. The lowest BCUT2D eigenvalue weighted by Crippen LogP contribution is -2.16. The van der Waals surface area contributed by atoms with Gasteiger partial charge in [-0.05, 0) is 49.6 Å². The molecular weight excluding hydrogens is 346 g/mol. The van der Waals surface area contributed by atoms with Crippen molar-refractivity contribution in [2.45, 2.75) is 38.6 Å². The van der Waals surface area contributed by atoms with Crippen LogP contribution in [0.5, 0.6) is 11.5 Å². The molecule has 0 bridgehead atoms. The van der Waals surface area contributed by atoms with Crippen LogP contribution in [0.2, 0.25) is 0 Å². The van der Waals surface area contributed by atoms with Crippen molar-refractivity contribution >= 4 is 5.84 Å². The summed E-state index contributed by atoms with van der Waals surface area (Å²) in [7, 11) is 1.75. The maximum atomic E-state index is 6.29. The van der Waals surface area contributed by atoms with Gasteiger partial charge in [0.2, 0.25) is 0 Å². The predicted molar refractivity (Wildman–Crippen MR) is 115 cm³/mol. The van der Waals surface area contributed by atoms with E-state index in [1.165, 1.54) is 31.4 Å². The SMILES string of the molecule is CN=C(N)c1c(-c2ccc(Oc3ccccc3)cc2)cn(C2CCCC2)c1C. The van der Waals surface area contributed by atoms with Gasteiger partial charge in [-0.2, -0.15) is 0 Å². The van der Waals surface area contributed by atoms with Gasteiger partial charge in [-0.1, -0.05) is 43.2 Å². The fourth-order valence-corrected chi connectivity index (χ4v) is 4.17. The molecule has 0 radical (unpaired) electrons. The lowest BCUT2D eigenvalue weighted by Gasteiger charge is -2.14. The van der Waals surface area contributed by atoms with Crippen molar-refractivity contribution in [3.63, 3.8) is 0 Å². The Balaban J connectivity index is 1.68. The van der Waals surface area contributed by atoms with Crippen molar-refractivity contribution in [2.75, 3.05) is 7.05 Å². The molecule has 0 amide bonds. The minimum atomic E-state index is 0.567. The number of hydrogen-bond acceptors (Lipinski definition) is 2. The van der Waals surface area contributed by atoms with Crippen LogP contribution in [0, 0.1) is 6.92 Å². The minimum absolute atomic E-state index is 0.567. The molecular formula is C24H27N3O. The first kappa shape index (κ1) is 18.4. The zero-order valence-electron chi connectivity index (χ0n) is 16.6. The average Bonchev–Trinajstić information content (AvgIpc) is 3.37. The average molecular weight is 374 g/mol. The molecule has 2 aromatic carbocycles. The number of para-hydroxylation sites is 1. The number of hydrogen-bond donors (Lipinski definition) is 1. The zero-order chi connectivity index (χ0) is 19.5. The quantitative estimate of drug-likeness (QED) is 0.460. The van der Waals surface area contributed by atoms with Crippen LogP contribution in [0.1, 0.15) is 43.0 Å². The van der Waals surface area contributed by atoms with Gasteiger partial charge < -0.3 is 15.0 Å². The summed E-state index contributed by atoms with van der Waals surface area (Å²) < 4.78 is 8.33. The van der Waals surface area contributed by atoms with Crippen molar-refractivity contribution in [1.82, 2.24) is 4.57 Å². The van der Waals surface area contributed by atoms with Crippen LogP contribution >= 0.6 is 0 Å². The molecule has 4 heteroatoms. The number of nitrogens with zero attached hydrogens (tertiary/aromatic N) is 2. The van der Waals surface area contributed by atoms with Gasteiger partial charge >= 0.3 is 0 Å². The topological polar surface area (TPSA) is 52.5 Å². The van der Waals surface area contributed by atoms with E-state index in [0.717, 1.165) is 28.2 Å². The van der Waals surface area contributed by atoms with Crippen LogP contribution < -0.4 is 10.5 Å². The monoisotopic (exact) mass is 373 g/mol. The van der Waals surface area contributed by atoms with Gasteiger partial charge in [0, 0.05) is 36.1 Å². The van der Waals surface area contributed by atoms with Crippen molar-refractivity contribution in [2.24, 2.45) is 10.7 Å². The van der Waals surface area contributed by atoms with E-state index in [9.17, 15) is 0 Å². The number of aliphatic imine (C=N–C) groups is 1. The Hall–Kier alpha value is -3.01. The largest absolute Gasteiger partial charge is 0.457 e. The van der Waals surface area contributed by atoms with Gasteiger partial charge in [-0.25, -0.2) is 0 Å². The van der Waals surface area contributed by atoms with Crippen LogP contribution in [0.3, 0.4) is 0 Å². The van der Waals surface area contributed by atoms with E-state index >= 15 is 0 Å². The van der Waals surface area contributed by atoms with Crippen LogP contribution in [0.15, 0.2) is 65.8 Å². The highest BCUT2D eigenvalue weighted by Gasteiger charge is 2.23. The highest BCUT2D eigenvalue weighted by atomic mass is 16.5. The van der Waals surface area contributed by atoms with Crippen LogP contribution in [0.25, 0.3) is 11.1 Å². The van der Waals surface area contributed by atoms with Crippen LogP contribution in [-0.4, -0.2) is 17.5 Å². The van der Waals surface area contributed by atoms with E-state index in [2.05, 4.69) is 34.8 Å². The molecule has 4 nitrogen and oxygen atoms in total. The van der Waals surface area contributed by atoms with E-state index in [0.29, 0.717) is 11.9 Å². The number of aromatic nitrogens is 1. The molecule has 1 aromatic heterocycles. The normalized spacial score (nSPS) is 15.1. The van der Waals surface area contributed by atoms with Gasteiger partial charge in [0.25, 0.3) is 0 Å². The Kier molecular flexibility index (Phi) is 5.20. The van der Waals surface area contributed by atoms with E-state index in [4.69, 9.17) is 10.5 Å². The standard InChI is InChI=1S/C24H27N3O/c1-17-23(24(25)26-2)22(16-27(17)19-8-6-7-9-19)18-12-14-21(15-13-18)28-20-10-4-3-5-11-20/h3-5,10-16,19H,6-9H2,1-2H3,(H2,25,26). The number of rotatable bonds is 5. The molecule has 1 saturated carbocycles. The Morgan fingerprint density at radius 2 is 1.64 bits per heavy atom. The first-order valence-electron chi connectivity index (χ1n) is 9.94. The van der Waals surface area contributed by atoms with Crippen molar-refractivity contribution in [3.05, 3.63) is 72.1 Å². The number of benzene rings is 2. The molecule has 1 aliphatic rings. The molecule has 144 valence electrons. The summed E-state index contributed by atoms with van der Waals surface area (Å²) >= 11 is 0. The lowest BCUT2D eigenvalue weighted by atomic mass is 10.0. The smallest absolute Gasteiger partial charge is 0.127 e.